The number of likely N-dealkylation sites (N-methyl/N-ethyl adjacent to an activating group) is 1. The molecule has 0 bridgehead atoms. The minimum atomic E-state index is -0.225. The monoisotopic (exact) mass is 378 g/mol. The molecule has 2 unspecified atom stereocenters. The van der Waals surface area contributed by atoms with E-state index in [1.807, 2.05) is 14.0 Å². The Morgan fingerprint density at radius 2 is 2.35 bits per heavy atom. The molecule has 1 aliphatic rings. The van der Waals surface area contributed by atoms with Gasteiger partial charge < -0.3 is 19.5 Å². The van der Waals surface area contributed by atoms with Crippen molar-refractivity contribution in [2.24, 2.45) is 0 Å². The molecule has 140 valence electrons. The van der Waals surface area contributed by atoms with Gasteiger partial charge in [-0.3, -0.25) is 4.79 Å². The Bertz CT molecular complexity index is 780. The van der Waals surface area contributed by atoms with E-state index in [1.165, 1.54) is 7.11 Å². The van der Waals surface area contributed by atoms with Crippen molar-refractivity contribution in [3.8, 4) is 5.75 Å². The summed E-state index contributed by atoms with van der Waals surface area (Å²) in [7, 11) is 3.43. The third-order valence-electron chi connectivity index (χ3n) is 4.66. The number of halogens is 1. The van der Waals surface area contributed by atoms with Crippen LogP contribution in [0.15, 0.2) is 22.7 Å². The molecule has 26 heavy (non-hydrogen) atoms. The summed E-state index contributed by atoms with van der Waals surface area (Å²) in [6.45, 7) is 2.68. The molecule has 1 aliphatic heterocycles. The van der Waals surface area contributed by atoms with Crippen LogP contribution in [-0.2, 0) is 6.42 Å². The quantitative estimate of drug-likeness (QED) is 0.832. The summed E-state index contributed by atoms with van der Waals surface area (Å²) in [4.78, 5) is 19.3. The van der Waals surface area contributed by atoms with Crippen LogP contribution in [0.3, 0.4) is 0 Å². The number of hydrogen-bond acceptors (Lipinski definition) is 6. The third-order valence-corrected chi connectivity index (χ3v) is 4.89. The van der Waals surface area contributed by atoms with Crippen LogP contribution in [0.5, 0.6) is 5.75 Å². The van der Waals surface area contributed by atoms with E-state index in [-0.39, 0.29) is 18.0 Å². The normalized spacial score (nSPS) is 18.2. The van der Waals surface area contributed by atoms with Crippen LogP contribution < -0.4 is 10.1 Å². The molecule has 1 amide bonds. The lowest BCUT2D eigenvalue weighted by Gasteiger charge is -2.23. The Labute approximate surface area is 157 Å². The highest BCUT2D eigenvalue weighted by atomic mass is 35.5. The lowest BCUT2D eigenvalue weighted by atomic mass is 10.1. The highest BCUT2D eigenvalue weighted by molar-refractivity contribution is 6.31. The zero-order valence-electron chi connectivity index (χ0n) is 15.2. The average Bonchev–Trinajstić information content (AvgIpc) is 3.29. The topological polar surface area (TPSA) is 80.5 Å². The maximum Gasteiger partial charge on any atom is 0.258 e. The van der Waals surface area contributed by atoms with Gasteiger partial charge in [0.2, 0.25) is 5.89 Å². The van der Waals surface area contributed by atoms with E-state index >= 15 is 0 Å². The summed E-state index contributed by atoms with van der Waals surface area (Å²) in [6.07, 6.45) is 2.34. The molecular formula is C18H23ClN4O3. The number of methoxy groups -OCH3 is 1. The molecule has 1 N–H and O–H groups in total. The minimum absolute atomic E-state index is 0.143. The van der Waals surface area contributed by atoms with Gasteiger partial charge in [0, 0.05) is 24.0 Å². The Morgan fingerprint density at radius 3 is 3.08 bits per heavy atom. The van der Waals surface area contributed by atoms with Crippen LogP contribution >= 0.6 is 11.6 Å². The predicted molar refractivity (Wildman–Crippen MR) is 97.5 cm³/mol. The first-order valence-electron chi connectivity index (χ1n) is 8.67. The summed E-state index contributed by atoms with van der Waals surface area (Å²) in [5.74, 6) is 1.48. The van der Waals surface area contributed by atoms with Crippen molar-refractivity contribution in [2.75, 3.05) is 20.7 Å². The average molecular weight is 379 g/mol. The van der Waals surface area contributed by atoms with E-state index in [4.69, 9.17) is 20.9 Å². The Morgan fingerprint density at radius 1 is 1.54 bits per heavy atom. The molecule has 0 spiro atoms. The Balaban J connectivity index is 1.82. The van der Waals surface area contributed by atoms with Crippen LogP contribution in [0.1, 0.15) is 47.9 Å². The van der Waals surface area contributed by atoms with Crippen LogP contribution in [0.2, 0.25) is 5.02 Å². The van der Waals surface area contributed by atoms with E-state index in [0.717, 1.165) is 12.8 Å². The lowest BCUT2D eigenvalue weighted by molar-refractivity contribution is 0.0706. The fourth-order valence-electron chi connectivity index (χ4n) is 3.13. The fourth-order valence-corrected chi connectivity index (χ4v) is 3.30. The molecule has 1 fully saturated rings. The van der Waals surface area contributed by atoms with Crippen molar-refractivity contribution in [3.05, 3.63) is 40.5 Å². The van der Waals surface area contributed by atoms with Gasteiger partial charge in [0.1, 0.15) is 11.8 Å². The first-order chi connectivity index (χ1) is 12.5. The number of ether oxygens (including phenoxy) is 1. The lowest BCUT2D eigenvalue weighted by Crippen LogP contribution is -2.31. The van der Waals surface area contributed by atoms with Gasteiger partial charge >= 0.3 is 0 Å². The third kappa shape index (κ3) is 3.83. The first-order valence-corrected chi connectivity index (χ1v) is 9.05. The minimum Gasteiger partial charge on any atom is -0.496 e. The summed E-state index contributed by atoms with van der Waals surface area (Å²) < 4.78 is 10.8. The number of likely N-dealkylation sites (tertiary alicyclic amines) is 1. The van der Waals surface area contributed by atoms with Gasteiger partial charge in [-0.15, -0.1) is 0 Å². The van der Waals surface area contributed by atoms with Gasteiger partial charge in [-0.1, -0.05) is 16.8 Å². The van der Waals surface area contributed by atoms with Crippen molar-refractivity contribution < 1.29 is 14.1 Å². The Kier molecular flexibility index (Phi) is 5.78. The number of rotatable bonds is 6. The number of amides is 1. The SMILES string of the molecule is CNC(C)Cc1noc(C2CCCN2C(=O)c2cc(Cl)ccc2OC)n1. The van der Waals surface area contributed by atoms with Crippen molar-refractivity contribution in [2.45, 2.75) is 38.3 Å². The zero-order chi connectivity index (χ0) is 18.7. The zero-order valence-corrected chi connectivity index (χ0v) is 15.9. The summed E-state index contributed by atoms with van der Waals surface area (Å²) in [5.41, 5.74) is 0.440. The molecule has 0 saturated carbocycles. The number of carbonyl (C=O) groups excluding carboxylic acids is 1. The van der Waals surface area contributed by atoms with Gasteiger partial charge in [0.05, 0.1) is 12.7 Å². The molecule has 8 heteroatoms. The standard InChI is InChI=1S/C18H23ClN4O3/c1-11(20-2)9-16-21-17(26-22-16)14-5-4-8-23(14)18(24)13-10-12(19)6-7-15(13)25-3/h6-7,10-11,14,20H,4-5,8-9H2,1-3H3. The fraction of sp³-hybridized carbons (Fsp3) is 0.500. The van der Waals surface area contributed by atoms with Crippen LogP contribution in [0.25, 0.3) is 0 Å². The van der Waals surface area contributed by atoms with Gasteiger partial charge in [0.25, 0.3) is 5.91 Å². The maximum absolute atomic E-state index is 13.1. The van der Waals surface area contributed by atoms with Crippen molar-refractivity contribution in [3.63, 3.8) is 0 Å². The second-order valence-electron chi connectivity index (χ2n) is 6.44. The van der Waals surface area contributed by atoms with Crippen LogP contribution in [0, 0.1) is 0 Å². The number of nitrogens with one attached hydrogen (secondary N) is 1. The molecule has 2 aromatic rings. The molecule has 1 aromatic heterocycles. The van der Waals surface area contributed by atoms with Crippen molar-refractivity contribution in [1.29, 1.82) is 0 Å². The largest absolute Gasteiger partial charge is 0.496 e. The molecule has 7 nitrogen and oxygen atoms in total. The first kappa shape index (κ1) is 18.7. The van der Waals surface area contributed by atoms with Gasteiger partial charge in [-0.2, -0.15) is 4.98 Å². The summed E-state index contributed by atoms with van der Waals surface area (Å²) in [6, 6.07) is 5.05. The van der Waals surface area contributed by atoms with Crippen LogP contribution in [-0.4, -0.2) is 47.7 Å². The van der Waals surface area contributed by atoms with E-state index in [2.05, 4.69) is 15.5 Å². The summed E-state index contributed by atoms with van der Waals surface area (Å²) >= 11 is 6.07. The van der Waals surface area contributed by atoms with E-state index in [1.54, 1.807) is 23.1 Å². The second kappa shape index (κ2) is 8.05. The molecule has 1 aromatic carbocycles. The van der Waals surface area contributed by atoms with Crippen molar-refractivity contribution >= 4 is 17.5 Å². The number of nitrogens with zero attached hydrogens (tertiary/aromatic N) is 3. The predicted octanol–water partition coefficient (Wildman–Crippen LogP) is 2.86. The highest BCUT2D eigenvalue weighted by Gasteiger charge is 2.35. The molecular weight excluding hydrogens is 356 g/mol. The smallest absolute Gasteiger partial charge is 0.258 e. The van der Waals surface area contributed by atoms with Crippen molar-refractivity contribution in [1.82, 2.24) is 20.4 Å². The van der Waals surface area contributed by atoms with Gasteiger partial charge in [-0.25, -0.2) is 0 Å². The molecule has 1 saturated heterocycles. The van der Waals surface area contributed by atoms with Gasteiger partial charge in [0.15, 0.2) is 5.82 Å². The number of carbonyl (C=O) groups is 1. The van der Waals surface area contributed by atoms with Crippen LogP contribution in [0.4, 0.5) is 0 Å². The van der Waals surface area contributed by atoms with Gasteiger partial charge in [-0.05, 0) is 45.0 Å². The Hall–Kier alpha value is -2.12. The highest BCUT2D eigenvalue weighted by Crippen LogP contribution is 2.34. The molecule has 3 rings (SSSR count). The molecule has 0 radical (unpaired) electrons. The number of benzene rings is 1. The molecule has 0 aliphatic carbocycles. The molecule has 2 atom stereocenters. The second-order valence-corrected chi connectivity index (χ2v) is 6.88. The maximum atomic E-state index is 13.1. The van der Waals surface area contributed by atoms with E-state index in [0.29, 0.717) is 41.0 Å². The van der Waals surface area contributed by atoms with E-state index < -0.39 is 0 Å². The summed E-state index contributed by atoms with van der Waals surface area (Å²) in [5, 5.41) is 7.69. The number of hydrogen-bond donors (Lipinski definition) is 1. The van der Waals surface area contributed by atoms with E-state index in [9.17, 15) is 4.79 Å². The molecule has 2 heterocycles. The number of aromatic nitrogens is 2.